The zero-order chi connectivity index (χ0) is 14.7. The van der Waals surface area contributed by atoms with Crippen LogP contribution in [0.15, 0.2) is 46.3 Å². The first-order chi connectivity index (χ1) is 9.47. The Morgan fingerprint density at radius 1 is 1.10 bits per heavy atom. The molecule has 0 radical (unpaired) electrons. The summed E-state index contributed by atoms with van der Waals surface area (Å²) in [5.41, 5.74) is 3.77. The number of anilines is 1. The molecule has 0 aliphatic heterocycles. The molecule has 1 aromatic heterocycles. The van der Waals surface area contributed by atoms with E-state index in [1.54, 1.807) is 12.3 Å². The van der Waals surface area contributed by atoms with Gasteiger partial charge < -0.3 is 4.90 Å². The topological polar surface area (TPSA) is 37.6 Å². The molecule has 4 nitrogen and oxygen atoms in total. The number of rotatable bonds is 3. The maximum absolute atomic E-state index is 11.9. The van der Waals surface area contributed by atoms with Crippen LogP contribution >= 0.6 is 0 Å². The quantitative estimate of drug-likeness (QED) is 0.802. The molecular formula is C16H19N3O. The van der Waals surface area contributed by atoms with Crippen molar-refractivity contribution in [2.24, 2.45) is 5.10 Å². The number of aromatic nitrogens is 1. The van der Waals surface area contributed by atoms with Gasteiger partial charge in [-0.15, -0.1) is 0 Å². The van der Waals surface area contributed by atoms with Gasteiger partial charge in [0.25, 0.3) is 5.56 Å². The second kappa shape index (κ2) is 5.74. The number of nitrogens with zero attached hydrogens (tertiary/aromatic N) is 3. The fourth-order valence-electron chi connectivity index (χ4n) is 1.99. The molecule has 0 aliphatic carbocycles. The van der Waals surface area contributed by atoms with Gasteiger partial charge in [-0.1, -0.05) is 12.1 Å². The monoisotopic (exact) mass is 269 g/mol. The molecule has 0 bridgehead atoms. The Bertz CT molecular complexity index is 682. The summed E-state index contributed by atoms with van der Waals surface area (Å²) in [7, 11) is 4.00. The van der Waals surface area contributed by atoms with Crippen molar-refractivity contribution in [3.8, 4) is 0 Å². The largest absolute Gasteiger partial charge is 0.378 e. The van der Waals surface area contributed by atoms with Gasteiger partial charge >= 0.3 is 0 Å². The van der Waals surface area contributed by atoms with Crippen LogP contribution in [0.2, 0.25) is 0 Å². The van der Waals surface area contributed by atoms with E-state index in [9.17, 15) is 4.79 Å². The van der Waals surface area contributed by atoms with Crippen LogP contribution in [-0.4, -0.2) is 25.0 Å². The van der Waals surface area contributed by atoms with E-state index in [0.717, 1.165) is 22.5 Å². The SMILES string of the molecule is Cc1cc(C)n(/N=C/c2ccc(N(C)C)cc2)c(=O)c1. The third-order valence-electron chi connectivity index (χ3n) is 3.06. The number of pyridine rings is 1. The zero-order valence-corrected chi connectivity index (χ0v) is 12.3. The van der Waals surface area contributed by atoms with Gasteiger partial charge in [-0.2, -0.15) is 5.10 Å². The number of aryl methyl sites for hydroxylation is 2. The summed E-state index contributed by atoms with van der Waals surface area (Å²) in [6, 6.07) is 11.5. The van der Waals surface area contributed by atoms with E-state index in [4.69, 9.17) is 0 Å². The average Bonchev–Trinajstić information content (AvgIpc) is 2.38. The smallest absolute Gasteiger partial charge is 0.271 e. The first-order valence-corrected chi connectivity index (χ1v) is 6.49. The summed E-state index contributed by atoms with van der Waals surface area (Å²) >= 11 is 0. The molecule has 0 fully saturated rings. The minimum atomic E-state index is -0.108. The highest BCUT2D eigenvalue weighted by Gasteiger charge is 1.99. The van der Waals surface area contributed by atoms with Crippen LogP contribution < -0.4 is 10.5 Å². The minimum absolute atomic E-state index is 0.108. The predicted octanol–water partition coefficient (Wildman–Crippen LogP) is 2.41. The molecule has 0 unspecified atom stereocenters. The Labute approximate surface area is 119 Å². The van der Waals surface area contributed by atoms with Crippen molar-refractivity contribution in [1.82, 2.24) is 4.68 Å². The standard InChI is InChI=1S/C16H19N3O/c1-12-9-13(2)19(16(20)10-12)17-11-14-5-7-15(8-6-14)18(3)4/h5-11H,1-4H3/b17-11+. The van der Waals surface area contributed by atoms with Crippen molar-refractivity contribution in [1.29, 1.82) is 0 Å². The Morgan fingerprint density at radius 3 is 2.30 bits per heavy atom. The maximum Gasteiger partial charge on any atom is 0.271 e. The van der Waals surface area contributed by atoms with Crippen molar-refractivity contribution in [2.45, 2.75) is 13.8 Å². The highest BCUT2D eigenvalue weighted by atomic mass is 16.1. The Kier molecular flexibility index (Phi) is 4.03. The molecule has 0 saturated carbocycles. The number of hydrogen-bond acceptors (Lipinski definition) is 3. The van der Waals surface area contributed by atoms with Gasteiger partial charge in [-0.25, -0.2) is 4.68 Å². The van der Waals surface area contributed by atoms with E-state index in [-0.39, 0.29) is 5.56 Å². The molecule has 20 heavy (non-hydrogen) atoms. The van der Waals surface area contributed by atoms with Gasteiger partial charge in [0.2, 0.25) is 0 Å². The van der Waals surface area contributed by atoms with Crippen LogP contribution in [-0.2, 0) is 0 Å². The van der Waals surface area contributed by atoms with Crippen LogP contribution in [0.3, 0.4) is 0 Å². The molecule has 104 valence electrons. The molecule has 0 amide bonds. The Morgan fingerprint density at radius 2 is 1.75 bits per heavy atom. The van der Waals surface area contributed by atoms with Crippen molar-refractivity contribution < 1.29 is 0 Å². The predicted molar refractivity (Wildman–Crippen MR) is 83.9 cm³/mol. The third-order valence-corrected chi connectivity index (χ3v) is 3.06. The highest BCUT2D eigenvalue weighted by Crippen LogP contribution is 2.11. The molecule has 1 heterocycles. The van der Waals surface area contributed by atoms with Gasteiger partial charge in [0.15, 0.2) is 0 Å². The average molecular weight is 269 g/mol. The lowest BCUT2D eigenvalue weighted by Crippen LogP contribution is -2.18. The molecule has 2 rings (SSSR count). The second-order valence-corrected chi connectivity index (χ2v) is 5.05. The Hall–Kier alpha value is -2.36. The highest BCUT2D eigenvalue weighted by molar-refractivity contribution is 5.80. The molecule has 0 N–H and O–H groups in total. The molecule has 0 spiro atoms. The Balaban J connectivity index is 2.28. The minimum Gasteiger partial charge on any atom is -0.378 e. The van der Waals surface area contributed by atoms with E-state index in [2.05, 4.69) is 5.10 Å². The van der Waals surface area contributed by atoms with Crippen molar-refractivity contribution in [2.75, 3.05) is 19.0 Å². The van der Waals surface area contributed by atoms with Crippen LogP contribution in [0.4, 0.5) is 5.69 Å². The normalized spacial score (nSPS) is 11.0. The van der Waals surface area contributed by atoms with E-state index < -0.39 is 0 Å². The number of hydrogen-bond donors (Lipinski definition) is 0. The van der Waals surface area contributed by atoms with Crippen molar-refractivity contribution in [3.05, 3.63) is 63.6 Å². The molecule has 2 aromatic rings. The van der Waals surface area contributed by atoms with Gasteiger partial charge in [-0.05, 0) is 43.2 Å². The molecule has 4 heteroatoms. The lowest BCUT2D eigenvalue weighted by Gasteiger charge is -2.11. The maximum atomic E-state index is 11.9. The molecule has 0 aliphatic rings. The zero-order valence-electron chi connectivity index (χ0n) is 12.3. The lowest BCUT2D eigenvalue weighted by atomic mass is 10.2. The van der Waals surface area contributed by atoms with E-state index in [0.29, 0.717) is 0 Å². The summed E-state index contributed by atoms with van der Waals surface area (Å²) in [5, 5.41) is 4.26. The third kappa shape index (κ3) is 3.15. The van der Waals surface area contributed by atoms with E-state index in [1.165, 1.54) is 4.68 Å². The first-order valence-electron chi connectivity index (χ1n) is 6.49. The summed E-state index contributed by atoms with van der Waals surface area (Å²) in [6.45, 7) is 3.78. The van der Waals surface area contributed by atoms with Crippen molar-refractivity contribution >= 4 is 11.9 Å². The summed E-state index contributed by atoms with van der Waals surface area (Å²) in [6.07, 6.45) is 1.70. The second-order valence-electron chi connectivity index (χ2n) is 5.05. The van der Waals surface area contributed by atoms with Crippen molar-refractivity contribution in [3.63, 3.8) is 0 Å². The van der Waals surface area contributed by atoms with Crippen LogP contribution in [0.25, 0.3) is 0 Å². The van der Waals surface area contributed by atoms with Gasteiger partial charge in [0, 0.05) is 31.5 Å². The van der Waals surface area contributed by atoms with E-state index in [1.807, 2.05) is 63.2 Å². The molecular weight excluding hydrogens is 250 g/mol. The molecule has 0 atom stereocenters. The fraction of sp³-hybridized carbons (Fsp3) is 0.250. The van der Waals surface area contributed by atoms with Gasteiger partial charge in [0.1, 0.15) is 0 Å². The van der Waals surface area contributed by atoms with E-state index >= 15 is 0 Å². The van der Waals surface area contributed by atoms with Crippen LogP contribution in [0, 0.1) is 13.8 Å². The first kappa shape index (κ1) is 14.1. The summed E-state index contributed by atoms with van der Waals surface area (Å²) in [4.78, 5) is 13.9. The number of benzene rings is 1. The summed E-state index contributed by atoms with van der Waals surface area (Å²) in [5.74, 6) is 0. The molecule has 0 saturated heterocycles. The van der Waals surface area contributed by atoms with Gasteiger partial charge in [0.05, 0.1) is 6.21 Å². The lowest BCUT2D eigenvalue weighted by molar-refractivity contribution is 0.791. The van der Waals surface area contributed by atoms with Gasteiger partial charge in [-0.3, -0.25) is 4.79 Å². The van der Waals surface area contributed by atoms with Crippen LogP contribution in [0.5, 0.6) is 0 Å². The van der Waals surface area contributed by atoms with Crippen LogP contribution in [0.1, 0.15) is 16.8 Å². The summed E-state index contributed by atoms with van der Waals surface area (Å²) < 4.78 is 1.41. The molecule has 1 aromatic carbocycles. The fourth-order valence-corrected chi connectivity index (χ4v) is 1.99.